The maximum atomic E-state index is 10.8. The first-order valence-corrected chi connectivity index (χ1v) is 7.19. The second-order valence-electron chi connectivity index (χ2n) is 3.58. The van der Waals surface area contributed by atoms with Gasteiger partial charge < -0.3 is 17.2 Å². The Morgan fingerprint density at radius 1 is 1.42 bits per heavy atom. The summed E-state index contributed by atoms with van der Waals surface area (Å²) in [5.41, 5.74) is 16.4. The van der Waals surface area contributed by atoms with Crippen LogP contribution in [0.15, 0.2) is 10.4 Å². The van der Waals surface area contributed by atoms with E-state index in [1.54, 1.807) is 5.38 Å². The summed E-state index contributed by atoms with van der Waals surface area (Å²) in [6.07, 6.45) is 1.29. The molecule has 1 rings (SSSR count). The van der Waals surface area contributed by atoms with Gasteiger partial charge in [0.2, 0.25) is 15.4 Å². The third-order valence-electron chi connectivity index (χ3n) is 2.10. The second-order valence-corrected chi connectivity index (χ2v) is 5.38. The van der Waals surface area contributed by atoms with Crippen molar-refractivity contribution in [1.29, 1.82) is 5.41 Å². The molecule has 1 aromatic rings. The van der Waals surface area contributed by atoms with Crippen molar-refractivity contribution < 1.29 is 8.42 Å². The number of nitrogens with one attached hydrogen (secondary N) is 1. The molecule has 0 amide bonds. The smallest absolute Gasteiger partial charge is 0.221 e. The third kappa shape index (κ3) is 5.06. The Balaban J connectivity index is 2.59. The molecule has 0 aromatic carbocycles. The molecule has 8 nitrogen and oxygen atoms in total. The quantitative estimate of drug-likeness (QED) is 0.310. The number of aliphatic imine (C=N–C) groups is 1. The van der Waals surface area contributed by atoms with Crippen molar-refractivity contribution >= 4 is 43.4 Å². The lowest BCUT2D eigenvalue weighted by Crippen LogP contribution is -2.23. The van der Waals surface area contributed by atoms with Crippen molar-refractivity contribution in [2.75, 3.05) is 0 Å². The van der Waals surface area contributed by atoms with E-state index in [1.165, 1.54) is 11.3 Å². The van der Waals surface area contributed by atoms with Crippen LogP contribution < -0.4 is 17.2 Å². The van der Waals surface area contributed by atoms with Gasteiger partial charge in [-0.25, -0.2) is 4.98 Å². The SMILES string of the molecule is N=C(N)C(CCCc1csc(N=C(N)N)n1)=S(=O)=O. The highest BCUT2D eigenvalue weighted by atomic mass is 32.2. The van der Waals surface area contributed by atoms with E-state index in [0.29, 0.717) is 18.0 Å². The van der Waals surface area contributed by atoms with Crippen molar-refractivity contribution in [3.63, 3.8) is 0 Å². The number of hydrogen-bond acceptors (Lipinski definition) is 6. The first kappa shape index (κ1) is 15.1. The van der Waals surface area contributed by atoms with E-state index < -0.39 is 16.1 Å². The van der Waals surface area contributed by atoms with Gasteiger partial charge in [-0.2, -0.15) is 13.4 Å². The van der Waals surface area contributed by atoms with Gasteiger partial charge in [-0.1, -0.05) is 0 Å². The maximum absolute atomic E-state index is 10.8. The molecule has 0 unspecified atom stereocenters. The standard InChI is InChI=1S/C9H14N6O2S2/c10-7(11)6(19(16)17)3-1-2-5-4-18-9(14-5)15-8(12)13/h4H,1-3H2,(H3,10,11)(H4,12,13,14,15). The third-order valence-corrected chi connectivity index (χ3v) is 3.71. The number of rotatable bonds is 6. The molecule has 0 aliphatic carbocycles. The predicted octanol–water partition coefficient (Wildman–Crippen LogP) is -0.642. The molecule has 0 saturated heterocycles. The van der Waals surface area contributed by atoms with Gasteiger partial charge in [0.1, 0.15) is 10.7 Å². The van der Waals surface area contributed by atoms with Crippen LogP contribution in [0.4, 0.5) is 5.13 Å². The largest absolute Gasteiger partial charge is 0.383 e. The minimum atomic E-state index is -2.45. The van der Waals surface area contributed by atoms with E-state index in [9.17, 15) is 8.42 Å². The van der Waals surface area contributed by atoms with Gasteiger partial charge in [0.25, 0.3) is 0 Å². The Hall–Kier alpha value is -1.94. The number of aromatic nitrogens is 1. The Morgan fingerprint density at radius 3 is 2.63 bits per heavy atom. The van der Waals surface area contributed by atoms with Crippen LogP contribution in [0.2, 0.25) is 0 Å². The summed E-state index contributed by atoms with van der Waals surface area (Å²) in [5, 5.41) is 9.39. The number of hydrogen-bond donors (Lipinski definition) is 4. The molecule has 1 heterocycles. The highest BCUT2D eigenvalue weighted by Crippen LogP contribution is 2.19. The number of nitrogens with two attached hydrogens (primary N) is 3. The highest BCUT2D eigenvalue weighted by Gasteiger charge is 2.07. The zero-order chi connectivity index (χ0) is 14.4. The van der Waals surface area contributed by atoms with Crippen molar-refractivity contribution in [3.8, 4) is 0 Å². The Bertz CT molecular complexity index is 619. The Kier molecular flexibility index (Phi) is 5.45. The summed E-state index contributed by atoms with van der Waals surface area (Å²) in [5.74, 6) is -0.484. The summed E-state index contributed by atoms with van der Waals surface area (Å²) in [6.45, 7) is 0. The van der Waals surface area contributed by atoms with Crippen LogP contribution in [0.5, 0.6) is 0 Å². The fourth-order valence-corrected chi connectivity index (χ4v) is 2.54. The molecule has 19 heavy (non-hydrogen) atoms. The van der Waals surface area contributed by atoms with Crippen LogP contribution in [0.25, 0.3) is 0 Å². The Morgan fingerprint density at radius 2 is 2.11 bits per heavy atom. The minimum Gasteiger partial charge on any atom is -0.383 e. The van der Waals surface area contributed by atoms with Gasteiger partial charge in [-0.3, -0.25) is 5.41 Å². The highest BCUT2D eigenvalue weighted by molar-refractivity contribution is 7.74. The van der Waals surface area contributed by atoms with Crippen LogP contribution in [0, 0.1) is 5.41 Å². The lowest BCUT2D eigenvalue weighted by molar-refractivity contribution is 0.626. The number of guanidine groups is 1. The molecule has 0 fully saturated rings. The minimum absolute atomic E-state index is 0.0603. The van der Waals surface area contributed by atoms with Crippen molar-refractivity contribution in [2.45, 2.75) is 19.3 Å². The number of nitrogens with zero attached hydrogens (tertiary/aromatic N) is 2. The Labute approximate surface area is 115 Å². The monoisotopic (exact) mass is 302 g/mol. The van der Waals surface area contributed by atoms with E-state index in [0.717, 1.165) is 5.69 Å². The van der Waals surface area contributed by atoms with Crippen LogP contribution in [0.1, 0.15) is 18.5 Å². The topological polar surface area (TPSA) is 161 Å². The van der Waals surface area contributed by atoms with Crippen LogP contribution >= 0.6 is 11.3 Å². The normalized spacial score (nSPS) is 9.89. The molecule has 0 aliphatic heterocycles. The molecule has 1 aromatic heterocycles. The molecular formula is C9H14N6O2S2. The second kappa shape index (κ2) is 6.85. The molecule has 10 heteroatoms. The average molecular weight is 302 g/mol. The number of aryl methyl sites for hydroxylation is 1. The molecule has 0 aliphatic rings. The zero-order valence-corrected chi connectivity index (χ0v) is 11.6. The summed E-state index contributed by atoms with van der Waals surface area (Å²) >= 11 is 1.30. The lowest BCUT2D eigenvalue weighted by Gasteiger charge is -1.98. The van der Waals surface area contributed by atoms with Gasteiger partial charge in [0, 0.05) is 5.38 Å². The van der Waals surface area contributed by atoms with E-state index in [-0.39, 0.29) is 17.2 Å². The molecular weight excluding hydrogens is 288 g/mol. The fraction of sp³-hybridized carbons (Fsp3) is 0.333. The van der Waals surface area contributed by atoms with Crippen molar-refractivity contribution in [1.82, 2.24) is 4.98 Å². The average Bonchev–Trinajstić information content (AvgIpc) is 2.70. The zero-order valence-electron chi connectivity index (χ0n) is 9.96. The van der Waals surface area contributed by atoms with E-state index >= 15 is 0 Å². The summed E-state index contributed by atoms with van der Waals surface area (Å²) in [6, 6.07) is 0. The van der Waals surface area contributed by atoms with E-state index in [2.05, 4.69) is 9.98 Å². The van der Waals surface area contributed by atoms with Gasteiger partial charge in [0.05, 0.1) is 5.69 Å². The number of amidine groups is 1. The van der Waals surface area contributed by atoms with Gasteiger partial charge >= 0.3 is 0 Å². The molecule has 0 bridgehead atoms. The molecule has 0 radical (unpaired) electrons. The first-order chi connectivity index (χ1) is 8.90. The summed E-state index contributed by atoms with van der Waals surface area (Å²) < 4.78 is 21.6. The molecule has 104 valence electrons. The van der Waals surface area contributed by atoms with Crippen LogP contribution in [-0.4, -0.2) is 30.1 Å². The van der Waals surface area contributed by atoms with Crippen LogP contribution in [0.3, 0.4) is 0 Å². The first-order valence-electron chi connectivity index (χ1n) is 5.23. The molecule has 0 atom stereocenters. The molecule has 0 spiro atoms. The van der Waals surface area contributed by atoms with E-state index in [1.807, 2.05) is 0 Å². The van der Waals surface area contributed by atoms with E-state index in [4.69, 9.17) is 22.6 Å². The van der Waals surface area contributed by atoms with Gasteiger partial charge in [-0.05, 0) is 19.3 Å². The van der Waals surface area contributed by atoms with Gasteiger partial charge in [0.15, 0.2) is 5.96 Å². The fourth-order valence-electron chi connectivity index (χ4n) is 1.31. The maximum Gasteiger partial charge on any atom is 0.221 e. The van der Waals surface area contributed by atoms with Crippen molar-refractivity contribution in [3.05, 3.63) is 11.1 Å². The van der Waals surface area contributed by atoms with Gasteiger partial charge in [-0.15, -0.1) is 11.3 Å². The van der Waals surface area contributed by atoms with Crippen molar-refractivity contribution in [2.24, 2.45) is 22.2 Å². The summed E-state index contributed by atoms with van der Waals surface area (Å²) in [7, 11) is -2.45. The summed E-state index contributed by atoms with van der Waals surface area (Å²) in [4.78, 5) is 7.88. The molecule has 0 saturated carbocycles. The predicted molar refractivity (Wildman–Crippen MR) is 76.4 cm³/mol. The lowest BCUT2D eigenvalue weighted by atomic mass is 10.1. The van der Waals surface area contributed by atoms with Crippen LogP contribution in [-0.2, 0) is 16.7 Å². The number of thiazole rings is 1. The molecule has 7 N–H and O–H groups in total.